The number of hydrogen-bond donors (Lipinski definition) is 4. The van der Waals surface area contributed by atoms with Crippen LogP contribution in [0.25, 0.3) is 11.4 Å². The number of anilines is 4. The fourth-order valence-electron chi connectivity index (χ4n) is 5.95. The Morgan fingerprint density at radius 2 is 1.73 bits per heavy atom. The van der Waals surface area contributed by atoms with Crippen LogP contribution in [-0.2, 0) is 14.8 Å². The minimum atomic E-state index is -3.48. The van der Waals surface area contributed by atoms with Crippen LogP contribution in [0.5, 0.6) is 0 Å². The lowest BCUT2D eigenvalue weighted by Gasteiger charge is -2.27. The van der Waals surface area contributed by atoms with E-state index in [4.69, 9.17) is 4.74 Å². The van der Waals surface area contributed by atoms with Crippen molar-refractivity contribution < 1.29 is 18.3 Å². The molecule has 4 aromatic rings. The van der Waals surface area contributed by atoms with Crippen molar-refractivity contribution in [3.05, 3.63) is 72.3 Å². The smallest absolute Gasteiger partial charge is 0.256 e. The van der Waals surface area contributed by atoms with Crippen LogP contribution in [0.4, 0.5) is 23.0 Å². The van der Waals surface area contributed by atoms with Crippen LogP contribution < -0.4 is 16.0 Å². The van der Waals surface area contributed by atoms with Crippen LogP contribution in [0, 0.1) is 11.8 Å². The van der Waals surface area contributed by atoms with Crippen molar-refractivity contribution in [1.82, 2.24) is 29.0 Å². The lowest BCUT2D eigenvalue weighted by molar-refractivity contribution is 0.0398. The van der Waals surface area contributed by atoms with Crippen molar-refractivity contribution in [3.63, 3.8) is 0 Å². The Labute approximate surface area is 286 Å². The van der Waals surface area contributed by atoms with Crippen molar-refractivity contribution in [2.45, 2.75) is 55.9 Å². The minimum Gasteiger partial charge on any atom is -0.393 e. The topological polar surface area (TPSA) is 159 Å². The Morgan fingerprint density at radius 3 is 2.51 bits per heavy atom. The van der Waals surface area contributed by atoms with E-state index in [1.807, 2.05) is 30.3 Å². The minimum absolute atomic E-state index is 0.205. The van der Waals surface area contributed by atoms with Gasteiger partial charge in [0.1, 0.15) is 11.6 Å². The van der Waals surface area contributed by atoms with Gasteiger partial charge in [-0.3, -0.25) is 4.90 Å². The molecule has 2 saturated carbocycles. The quantitative estimate of drug-likeness (QED) is 0.170. The first-order chi connectivity index (χ1) is 23.9. The van der Waals surface area contributed by atoms with E-state index in [1.54, 1.807) is 18.5 Å². The molecule has 0 atom stereocenters. The molecule has 13 nitrogen and oxygen atoms in total. The van der Waals surface area contributed by atoms with E-state index in [9.17, 15) is 13.5 Å². The predicted octanol–water partition coefficient (Wildman–Crippen LogP) is 3.68. The first-order valence-corrected chi connectivity index (χ1v) is 18.4. The number of aliphatic hydroxyl groups is 1. The van der Waals surface area contributed by atoms with Gasteiger partial charge in [0.15, 0.2) is 5.82 Å². The molecule has 1 saturated heterocycles. The number of nitrogens with one attached hydrogen (secondary N) is 3. The number of hydrogen-bond acceptors (Lipinski definition) is 12. The van der Waals surface area contributed by atoms with E-state index >= 15 is 0 Å². The van der Waals surface area contributed by atoms with E-state index in [0.29, 0.717) is 35.9 Å². The van der Waals surface area contributed by atoms with Crippen molar-refractivity contribution in [2.75, 3.05) is 55.3 Å². The highest BCUT2D eigenvalue weighted by Gasteiger charge is 2.37. The zero-order valence-electron chi connectivity index (χ0n) is 27.3. The summed E-state index contributed by atoms with van der Waals surface area (Å²) in [7, 11) is -3.48. The van der Waals surface area contributed by atoms with Crippen molar-refractivity contribution in [1.29, 1.82) is 0 Å². The summed E-state index contributed by atoms with van der Waals surface area (Å²) in [6, 6.07) is 12.0. The monoisotopic (exact) mass is 683 g/mol. The highest BCUT2D eigenvalue weighted by molar-refractivity contribution is 7.90. The highest BCUT2D eigenvalue weighted by atomic mass is 32.2. The van der Waals surface area contributed by atoms with E-state index in [0.717, 1.165) is 91.7 Å². The van der Waals surface area contributed by atoms with Gasteiger partial charge >= 0.3 is 0 Å². The Balaban J connectivity index is 1.05. The number of ether oxygens (including phenoxy) is 1. The Bertz CT molecular complexity index is 1900. The molecule has 7 rings (SSSR count). The number of aliphatic hydroxyl groups excluding tert-OH is 1. The Kier molecular flexibility index (Phi) is 10.0. The molecular formula is C35H41N9O4S. The standard InChI is InChI=1S/C35H41N9O4S/c45-30-9-7-29(8-10-30)40-32-21-34(41-33-13-14-37-35(42-33)27-23-39-44(24-27)49(46,47)31-11-12-31)38-22-26(32)4-1-25-2-5-28(6-3-25)36-15-16-43-17-19-48-20-18-43/h2-3,5-6,13-14,21-24,29-31,36,45H,7-12,15-20H2,(H2,37,38,40,41,42)/t29-,30+. The molecule has 0 amide bonds. The number of benzene rings is 1. The third-order valence-corrected chi connectivity index (χ3v) is 11.0. The van der Waals surface area contributed by atoms with E-state index in [2.05, 4.69) is 52.7 Å². The van der Waals surface area contributed by atoms with Crippen LogP contribution in [-0.4, -0.2) is 99.4 Å². The molecule has 3 aliphatic rings. The van der Waals surface area contributed by atoms with Crippen LogP contribution in [0.2, 0.25) is 0 Å². The SMILES string of the molecule is O=S(=O)(C1CC1)n1cc(-c2nccc(Nc3cc(N[C@H]4CC[C@@H](O)CC4)c(C#Cc4ccc(NCCN5CCOCC5)cc4)cn3)n2)cn1. The van der Waals surface area contributed by atoms with Gasteiger partial charge in [-0.2, -0.15) is 9.19 Å². The third-order valence-electron chi connectivity index (χ3n) is 8.98. The van der Waals surface area contributed by atoms with Gasteiger partial charge in [0.05, 0.1) is 53.8 Å². The predicted molar refractivity (Wildman–Crippen MR) is 188 cm³/mol. The van der Waals surface area contributed by atoms with Gasteiger partial charge in [-0.1, -0.05) is 11.8 Å². The molecular weight excluding hydrogens is 643 g/mol. The van der Waals surface area contributed by atoms with Crippen LogP contribution >= 0.6 is 0 Å². The van der Waals surface area contributed by atoms with Crippen molar-refractivity contribution in [2.24, 2.45) is 0 Å². The van der Waals surface area contributed by atoms with Gasteiger partial charge < -0.3 is 25.8 Å². The molecule has 256 valence electrons. The van der Waals surface area contributed by atoms with Crippen molar-refractivity contribution in [3.8, 4) is 23.2 Å². The second-order valence-corrected chi connectivity index (χ2v) is 14.8. The van der Waals surface area contributed by atoms with Gasteiger partial charge in [0.2, 0.25) is 0 Å². The maximum absolute atomic E-state index is 12.6. The Hall–Kier alpha value is -4.55. The number of rotatable bonds is 11. The van der Waals surface area contributed by atoms with E-state index in [1.165, 1.54) is 12.4 Å². The van der Waals surface area contributed by atoms with Crippen LogP contribution in [0.3, 0.4) is 0 Å². The van der Waals surface area contributed by atoms with Gasteiger partial charge in [0.25, 0.3) is 10.0 Å². The normalized spacial score (nSPS) is 19.9. The summed E-state index contributed by atoms with van der Waals surface area (Å²) < 4.78 is 31.6. The molecule has 1 aliphatic heterocycles. The fourth-order valence-corrected chi connectivity index (χ4v) is 7.43. The Morgan fingerprint density at radius 1 is 0.939 bits per heavy atom. The van der Waals surface area contributed by atoms with E-state index in [-0.39, 0.29) is 17.4 Å². The summed E-state index contributed by atoms with van der Waals surface area (Å²) >= 11 is 0. The van der Waals surface area contributed by atoms with Crippen LogP contribution in [0.1, 0.15) is 49.7 Å². The zero-order chi connectivity index (χ0) is 33.6. The molecule has 14 heteroatoms. The molecule has 4 heterocycles. The second-order valence-electron chi connectivity index (χ2n) is 12.7. The fraction of sp³-hybridized carbons (Fsp3) is 0.429. The molecule has 3 aromatic heterocycles. The summed E-state index contributed by atoms with van der Waals surface area (Å²) in [6.07, 6.45) is 10.6. The van der Waals surface area contributed by atoms with Gasteiger partial charge in [-0.25, -0.2) is 23.4 Å². The molecule has 0 spiro atoms. The second kappa shape index (κ2) is 14.9. The van der Waals surface area contributed by atoms with E-state index < -0.39 is 10.0 Å². The highest BCUT2D eigenvalue weighted by Crippen LogP contribution is 2.31. The lowest BCUT2D eigenvalue weighted by atomic mass is 9.93. The molecule has 49 heavy (non-hydrogen) atoms. The molecule has 0 radical (unpaired) electrons. The summed E-state index contributed by atoms with van der Waals surface area (Å²) in [5.74, 6) is 8.01. The van der Waals surface area contributed by atoms with Crippen LogP contribution in [0.15, 0.2) is 61.2 Å². The average molecular weight is 684 g/mol. The van der Waals surface area contributed by atoms with Gasteiger partial charge in [-0.15, -0.1) is 0 Å². The average Bonchev–Trinajstić information content (AvgIpc) is 3.87. The molecule has 1 aromatic carbocycles. The molecule has 0 unspecified atom stereocenters. The lowest BCUT2D eigenvalue weighted by Crippen LogP contribution is -2.38. The summed E-state index contributed by atoms with van der Waals surface area (Å²) in [5, 5.41) is 24.1. The zero-order valence-corrected chi connectivity index (χ0v) is 28.1. The summed E-state index contributed by atoms with van der Waals surface area (Å²) in [5.41, 5.74) is 4.06. The maximum atomic E-state index is 12.6. The number of pyridine rings is 1. The first-order valence-electron chi connectivity index (χ1n) is 16.9. The first kappa shape index (κ1) is 33.0. The third kappa shape index (κ3) is 8.55. The van der Waals surface area contributed by atoms with Crippen molar-refractivity contribution >= 4 is 33.0 Å². The molecule has 4 N–H and O–H groups in total. The van der Waals surface area contributed by atoms with Gasteiger partial charge in [-0.05, 0) is 68.9 Å². The molecule has 3 fully saturated rings. The number of morpholine rings is 1. The molecule has 2 aliphatic carbocycles. The molecule has 0 bridgehead atoms. The number of aromatic nitrogens is 5. The largest absolute Gasteiger partial charge is 0.393 e. The van der Waals surface area contributed by atoms with Gasteiger partial charge in [0, 0.05) is 61.9 Å². The summed E-state index contributed by atoms with van der Waals surface area (Å²) in [4.78, 5) is 16.0. The number of nitrogens with zero attached hydrogens (tertiary/aromatic N) is 6. The summed E-state index contributed by atoms with van der Waals surface area (Å²) in [6.45, 7) is 5.42. The maximum Gasteiger partial charge on any atom is 0.256 e.